The molecule has 2 amide bonds. The van der Waals surface area contributed by atoms with Gasteiger partial charge in [-0.2, -0.15) is 0 Å². The van der Waals surface area contributed by atoms with E-state index in [1.165, 1.54) is 6.07 Å². The van der Waals surface area contributed by atoms with Gasteiger partial charge in [0.2, 0.25) is 0 Å². The third-order valence-corrected chi connectivity index (χ3v) is 3.53. The van der Waals surface area contributed by atoms with Crippen LogP contribution >= 0.6 is 22.6 Å². The number of urea groups is 1. The molecule has 0 fully saturated rings. The predicted molar refractivity (Wildman–Crippen MR) is 86.1 cm³/mol. The first-order valence-electron chi connectivity index (χ1n) is 6.24. The second kappa shape index (κ2) is 6.84. The Morgan fingerprint density at radius 1 is 1.19 bits per heavy atom. The number of benzene rings is 2. The van der Waals surface area contributed by atoms with Crippen LogP contribution in [0.2, 0.25) is 0 Å². The van der Waals surface area contributed by atoms with Gasteiger partial charge in [-0.3, -0.25) is 0 Å². The van der Waals surface area contributed by atoms with Gasteiger partial charge in [-0.25, -0.2) is 13.6 Å². The Morgan fingerprint density at radius 3 is 2.62 bits per heavy atom. The van der Waals surface area contributed by atoms with Crippen LogP contribution in [0.4, 0.5) is 19.3 Å². The van der Waals surface area contributed by atoms with Crippen molar-refractivity contribution in [2.45, 2.75) is 13.0 Å². The zero-order valence-corrected chi connectivity index (χ0v) is 13.3. The molecule has 0 aromatic heterocycles. The van der Waals surface area contributed by atoms with Gasteiger partial charge in [0.05, 0.1) is 6.04 Å². The second-order valence-corrected chi connectivity index (χ2v) is 5.74. The largest absolute Gasteiger partial charge is 0.331 e. The van der Waals surface area contributed by atoms with Crippen LogP contribution in [0.1, 0.15) is 18.5 Å². The molecule has 0 saturated carbocycles. The third-order valence-electron chi connectivity index (χ3n) is 2.86. The van der Waals surface area contributed by atoms with Gasteiger partial charge >= 0.3 is 6.03 Å². The van der Waals surface area contributed by atoms with Crippen molar-refractivity contribution in [3.05, 3.63) is 63.2 Å². The van der Waals surface area contributed by atoms with E-state index in [1.807, 2.05) is 18.2 Å². The number of anilines is 1. The molecule has 110 valence electrons. The second-order valence-electron chi connectivity index (χ2n) is 4.50. The maximum Gasteiger partial charge on any atom is 0.319 e. The van der Waals surface area contributed by atoms with Crippen LogP contribution in [-0.2, 0) is 0 Å². The molecule has 2 aromatic rings. The molecule has 3 nitrogen and oxygen atoms in total. The van der Waals surface area contributed by atoms with Crippen LogP contribution in [0.25, 0.3) is 0 Å². The Labute approximate surface area is 134 Å². The maximum atomic E-state index is 13.6. The van der Waals surface area contributed by atoms with Crippen LogP contribution in [0.3, 0.4) is 0 Å². The lowest BCUT2D eigenvalue weighted by molar-refractivity contribution is 0.249. The Hall–Kier alpha value is -1.70. The smallest absolute Gasteiger partial charge is 0.319 e. The number of halogens is 3. The minimum Gasteiger partial charge on any atom is -0.331 e. The summed E-state index contributed by atoms with van der Waals surface area (Å²) < 4.78 is 27.5. The molecule has 0 heterocycles. The van der Waals surface area contributed by atoms with E-state index in [4.69, 9.17) is 0 Å². The first kappa shape index (κ1) is 15.7. The lowest BCUT2D eigenvalue weighted by atomic mass is 10.1. The molecule has 0 spiro atoms. The predicted octanol–water partition coefficient (Wildman–Crippen LogP) is 4.45. The number of carbonyl (C=O) groups excluding carboxylic acids is 1. The van der Waals surface area contributed by atoms with Crippen LogP contribution in [-0.4, -0.2) is 6.03 Å². The summed E-state index contributed by atoms with van der Waals surface area (Å²) in [6.07, 6.45) is 0. The minimum absolute atomic E-state index is 0.231. The molecule has 0 aliphatic rings. The molecule has 21 heavy (non-hydrogen) atoms. The SMILES string of the molecule is CC(NC(=O)Nc1cccc(I)c1)c1ccc(F)cc1F. The normalized spacial score (nSPS) is 11.8. The van der Waals surface area contributed by atoms with Crippen molar-refractivity contribution in [1.82, 2.24) is 5.32 Å². The first-order valence-corrected chi connectivity index (χ1v) is 7.31. The summed E-state index contributed by atoms with van der Waals surface area (Å²) in [4.78, 5) is 11.9. The molecule has 6 heteroatoms. The molecular weight excluding hydrogens is 389 g/mol. The highest BCUT2D eigenvalue weighted by atomic mass is 127. The van der Waals surface area contributed by atoms with Crippen LogP contribution in [0.5, 0.6) is 0 Å². The zero-order chi connectivity index (χ0) is 15.4. The lowest BCUT2D eigenvalue weighted by Gasteiger charge is -2.16. The number of nitrogens with one attached hydrogen (secondary N) is 2. The Bertz CT molecular complexity index is 664. The van der Waals surface area contributed by atoms with Crippen molar-refractivity contribution in [3.63, 3.8) is 0 Å². The highest BCUT2D eigenvalue weighted by Gasteiger charge is 2.14. The Balaban J connectivity index is 2.02. The van der Waals surface area contributed by atoms with E-state index in [9.17, 15) is 13.6 Å². The molecule has 1 atom stereocenters. The standard InChI is InChI=1S/C15H13F2IN2O/c1-9(13-6-5-10(16)7-14(13)17)19-15(21)20-12-4-2-3-11(18)8-12/h2-9H,1H3,(H2,19,20,21). The summed E-state index contributed by atoms with van der Waals surface area (Å²) in [7, 11) is 0. The molecule has 0 aliphatic heterocycles. The van der Waals surface area contributed by atoms with Crippen molar-refractivity contribution < 1.29 is 13.6 Å². The summed E-state index contributed by atoms with van der Waals surface area (Å²) in [6, 6.07) is 9.54. The molecule has 0 saturated heterocycles. The monoisotopic (exact) mass is 402 g/mol. The van der Waals surface area contributed by atoms with E-state index < -0.39 is 23.7 Å². The fourth-order valence-electron chi connectivity index (χ4n) is 1.86. The Morgan fingerprint density at radius 2 is 1.95 bits per heavy atom. The molecular formula is C15H13F2IN2O. The number of hydrogen-bond acceptors (Lipinski definition) is 1. The fraction of sp³-hybridized carbons (Fsp3) is 0.133. The number of hydrogen-bond donors (Lipinski definition) is 2. The van der Waals surface area contributed by atoms with Crippen LogP contribution < -0.4 is 10.6 Å². The lowest BCUT2D eigenvalue weighted by Crippen LogP contribution is -2.31. The first-order chi connectivity index (χ1) is 9.95. The number of amides is 2. The molecule has 0 radical (unpaired) electrons. The van der Waals surface area contributed by atoms with Gasteiger partial charge in [0, 0.05) is 20.9 Å². The van der Waals surface area contributed by atoms with E-state index >= 15 is 0 Å². The molecule has 0 aliphatic carbocycles. The summed E-state index contributed by atoms with van der Waals surface area (Å²) in [5, 5.41) is 5.27. The Kier molecular flexibility index (Phi) is 5.11. The van der Waals surface area contributed by atoms with Gasteiger partial charge in [0.1, 0.15) is 11.6 Å². The number of rotatable bonds is 3. The maximum absolute atomic E-state index is 13.6. The quantitative estimate of drug-likeness (QED) is 0.732. The van der Waals surface area contributed by atoms with Gasteiger partial charge in [0.25, 0.3) is 0 Å². The highest BCUT2D eigenvalue weighted by Crippen LogP contribution is 2.18. The van der Waals surface area contributed by atoms with E-state index in [2.05, 4.69) is 33.2 Å². The van der Waals surface area contributed by atoms with Crippen molar-refractivity contribution in [1.29, 1.82) is 0 Å². The average Bonchev–Trinajstić information content (AvgIpc) is 2.38. The van der Waals surface area contributed by atoms with E-state index in [0.717, 1.165) is 15.7 Å². The summed E-state index contributed by atoms with van der Waals surface area (Å²) in [6.45, 7) is 1.63. The molecule has 2 aromatic carbocycles. The van der Waals surface area contributed by atoms with Gasteiger partial charge in [0.15, 0.2) is 0 Å². The summed E-state index contributed by atoms with van der Waals surface area (Å²) >= 11 is 2.14. The third kappa shape index (κ3) is 4.38. The molecule has 2 N–H and O–H groups in total. The minimum atomic E-state index is -0.683. The van der Waals surface area contributed by atoms with Crippen molar-refractivity contribution in [2.24, 2.45) is 0 Å². The average molecular weight is 402 g/mol. The van der Waals surface area contributed by atoms with Crippen molar-refractivity contribution >= 4 is 34.3 Å². The number of carbonyl (C=O) groups is 1. The van der Waals surface area contributed by atoms with Crippen molar-refractivity contribution in [3.8, 4) is 0 Å². The van der Waals surface area contributed by atoms with Gasteiger partial charge in [-0.1, -0.05) is 12.1 Å². The van der Waals surface area contributed by atoms with Gasteiger partial charge in [-0.15, -0.1) is 0 Å². The summed E-state index contributed by atoms with van der Waals surface area (Å²) in [5.74, 6) is -1.33. The van der Waals surface area contributed by atoms with Crippen LogP contribution in [0.15, 0.2) is 42.5 Å². The summed E-state index contributed by atoms with van der Waals surface area (Å²) in [5.41, 5.74) is 0.875. The fourth-order valence-corrected chi connectivity index (χ4v) is 2.40. The van der Waals surface area contributed by atoms with Gasteiger partial charge < -0.3 is 10.6 Å². The topological polar surface area (TPSA) is 41.1 Å². The van der Waals surface area contributed by atoms with Crippen molar-refractivity contribution in [2.75, 3.05) is 5.32 Å². The van der Waals surface area contributed by atoms with E-state index in [0.29, 0.717) is 5.69 Å². The van der Waals surface area contributed by atoms with E-state index in [1.54, 1.807) is 13.0 Å². The highest BCUT2D eigenvalue weighted by molar-refractivity contribution is 14.1. The molecule has 2 rings (SSSR count). The zero-order valence-electron chi connectivity index (χ0n) is 11.2. The van der Waals surface area contributed by atoms with E-state index in [-0.39, 0.29) is 5.56 Å². The molecule has 0 bridgehead atoms. The van der Waals surface area contributed by atoms with Crippen LogP contribution in [0, 0.1) is 15.2 Å². The molecule has 1 unspecified atom stereocenters. The van der Waals surface area contributed by atoms with Gasteiger partial charge in [-0.05, 0) is 53.8 Å².